The van der Waals surface area contributed by atoms with E-state index < -0.39 is 0 Å². The molecule has 3 aromatic rings. The molecule has 0 amide bonds. The first-order valence-corrected chi connectivity index (χ1v) is 6.00. The second kappa shape index (κ2) is 3.07. The molecule has 0 bridgehead atoms. The molecule has 3 heteroatoms. The summed E-state index contributed by atoms with van der Waals surface area (Å²) in [6.45, 7) is 4.44. The van der Waals surface area contributed by atoms with Crippen LogP contribution in [0.15, 0.2) is 29.6 Å². The number of imidazole rings is 1. The summed E-state index contributed by atoms with van der Waals surface area (Å²) in [5, 5.41) is 2.21. The maximum Gasteiger partial charge on any atom is 0.194 e. The SMILES string of the molecule is CC(C)c1csc2nc3ccccc3n12. The zero-order valence-electron chi connectivity index (χ0n) is 8.77. The third-order valence-electron chi connectivity index (χ3n) is 2.66. The predicted octanol–water partition coefficient (Wildman–Crippen LogP) is 3.67. The summed E-state index contributed by atoms with van der Waals surface area (Å²) in [6.07, 6.45) is 0. The van der Waals surface area contributed by atoms with Gasteiger partial charge in [0.1, 0.15) is 0 Å². The second-order valence-corrected chi connectivity index (χ2v) is 4.87. The lowest BCUT2D eigenvalue weighted by Crippen LogP contribution is -1.92. The van der Waals surface area contributed by atoms with Gasteiger partial charge < -0.3 is 0 Å². The van der Waals surface area contributed by atoms with Crippen molar-refractivity contribution in [3.63, 3.8) is 0 Å². The smallest absolute Gasteiger partial charge is 0.194 e. The molecule has 0 saturated carbocycles. The number of rotatable bonds is 1. The van der Waals surface area contributed by atoms with Crippen LogP contribution in [-0.4, -0.2) is 9.38 Å². The van der Waals surface area contributed by atoms with Gasteiger partial charge in [0, 0.05) is 11.1 Å². The van der Waals surface area contributed by atoms with Crippen molar-refractivity contribution >= 4 is 27.3 Å². The molecule has 0 aliphatic heterocycles. The van der Waals surface area contributed by atoms with Crippen LogP contribution in [0.1, 0.15) is 25.5 Å². The Morgan fingerprint density at radius 2 is 2.07 bits per heavy atom. The number of nitrogens with zero attached hydrogens (tertiary/aromatic N) is 2. The Bertz CT molecular complexity index is 619. The molecule has 2 aromatic heterocycles. The number of hydrogen-bond donors (Lipinski definition) is 0. The summed E-state index contributed by atoms with van der Waals surface area (Å²) < 4.78 is 2.27. The number of aromatic nitrogens is 2. The van der Waals surface area contributed by atoms with E-state index in [0.717, 1.165) is 10.5 Å². The van der Waals surface area contributed by atoms with Crippen LogP contribution in [0.25, 0.3) is 16.0 Å². The van der Waals surface area contributed by atoms with Gasteiger partial charge in [0.25, 0.3) is 0 Å². The predicted molar refractivity (Wildman–Crippen MR) is 64.7 cm³/mol. The van der Waals surface area contributed by atoms with Gasteiger partial charge in [-0.3, -0.25) is 4.40 Å². The van der Waals surface area contributed by atoms with Gasteiger partial charge in [-0.15, -0.1) is 11.3 Å². The van der Waals surface area contributed by atoms with Crippen molar-refractivity contribution < 1.29 is 0 Å². The van der Waals surface area contributed by atoms with E-state index in [9.17, 15) is 0 Å². The average Bonchev–Trinajstić information content (AvgIpc) is 2.74. The molecular formula is C12H12N2S. The maximum atomic E-state index is 4.60. The van der Waals surface area contributed by atoms with Gasteiger partial charge in [-0.25, -0.2) is 4.98 Å². The Morgan fingerprint density at radius 1 is 1.27 bits per heavy atom. The number of fused-ring (bicyclic) bond motifs is 3. The second-order valence-electron chi connectivity index (χ2n) is 4.03. The van der Waals surface area contributed by atoms with Crippen molar-refractivity contribution in [1.29, 1.82) is 0 Å². The molecule has 2 nitrogen and oxygen atoms in total. The lowest BCUT2D eigenvalue weighted by molar-refractivity contribution is 0.818. The Kier molecular flexibility index (Phi) is 1.83. The third kappa shape index (κ3) is 1.20. The van der Waals surface area contributed by atoms with Crippen LogP contribution in [0.2, 0.25) is 0 Å². The first kappa shape index (κ1) is 8.92. The molecule has 0 aliphatic rings. The quantitative estimate of drug-likeness (QED) is 0.606. The first-order chi connectivity index (χ1) is 7.27. The van der Waals surface area contributed by atoms with Crippen LogP contribution in [-0.2, 0) is 0 Å². The Balaban J connectivity index is 2.49. The lowest BCUT2D eigenvalue weighted by Gasteiger charge is -2.03. The minimum atomic E-state index is 0.538. The topological polar surface area (TPSA) is 17.3 Å². The van der Waals surface area contributed by atoms with E-state index in [1.165, 1.54) is 11.2 Å². The molecule has 1 aromatic carbocycles. The van der Waals surface area contributed by atoms with E-state index in [-0.39, 0.29) is 0 Å². The van der Waals surface area contributed by atoms with Gasteiger partial charge in [0.05, 0.1) is 11.0 Å². The van der Waals surface area contributed by atoms with Gasteiger partial charge >= 0.3 is 0 Å². The van der Waals surface area contributed by atoms with Crippen LogP contribution in [0.3, 0.4) is 0 Å². The average molecular weight is 216 g/mol. The van der Waals surface area contributed by atoms with Crippen molar-refractivity contribution in [2.24, 2.45) is 0 Å². The van der Waals surface area contributed by atoms with Crippen molar-refractivity contribution in [1.82, 2.24) is 9.38 Å². The van der Waals surface area contributed by atoms with Gasteiger partial charge in [0.15, 0.2) is 4.96 Å². The Morgan fingerprint density at radius 3 is 2.87 bits per heavy atom. The van der Waals surface area contributed by atoms with E-state index in [2.05, 4.69) is 46.8 Å². The summed E-state index contributed by atoms with van der Waals surface area (Å²) in [6, 6.07) is 8.31. The molecular weight excluding hydrogens is 204 g/mol. The van der Waals surface area contributed by atoms with Gasteiger partial charge in [-0.2, -0.15) is 0 Å². The van der Waals surface area contributed by atoms with Crippen LogP contribution in [0, 0.1) is 0 Å². The molecule has 2 heterocycles. The Hall–Kier alpha value is -1.35. The first-order valence-electron chi connectivity index (χ1n) is 5.12. The standard InChI is InChI=1S/C12H12N2S/c1-8(2)11-7-15-12-13-9-5-3-4-6-10(9)14(11)12/h3-8H,1-2H3. The van der Waals surface area contributed by atoms with Crippen LogP contribution < -0.4 is 0 Å². The van der Waals surface area contributed by atoms with Crippen molar-refractivity contribution in [3.8, 4) is 0 Å². The molecule has 0 unspecified atom stereocenters. The van der Waals surface area contributed by atoms with Crippen LogP contribution >= 0.6 is 11.3 Å². The molecule has 15 heavy (non-hydrogen) atoms. The highest BCUT2D eigenvalue weighted by Gasteiger charge is 2.11. The minimum Gasteiger partial charge on any atom is -0.287 e. The van der Waals surface area contributed by atoms with Crippen molar-refractivity contribution in [3.05, 3.63) is 35.3 Å². The van der Waals surface area contributed by atoms with E-state index >= 15 is 0 Å². The van der Waals surface area contributed by atoms with Crippen molar-refractivity contribution in [2.45, 2.75) is 19.8 Å². The van der Waals surface area contributed by atoms with Crippen LogP contribution in [0.4, 0.5) is 0 Å². The zero-order chi connectivity index (χ0) is 10.4. The number of para-hydroxylation sites is 2. The fourth-order valence-electron chi connectivity index (χ4n) is 1.89. The molecule has 0 radical (unpaired) electrons. The molecule has 3 rings (SSSR count). The molecule has 0 N–H and O–H groups in total. The van der Waals surface area contributed by atoms with Crippen molar-refractivity contribution in [2.75, 3.05) is 0 Å². The molecule has 0 spiro atoms. The summed E-state index contributed by atoms with van der Waals surface area (Å²) in [5.74, 6) is 0.538. The molecule has 0 saturated heterocycles. The van der Waals surface area contributed by atoms with E-state index in [1.807, 2.05) is 6.07 Å². The summed E-state index contributed by atoms with van der Waals surface area (Å²) >= 11 is 1.72. The summed E-state index contributed by atoms with van der Waals surface area (Å²) in [4.78, 5) is 5.70. The fraction of sp³-hybridized carbons (Fsp3) is 0.250. The van der Waals surface area contributed by atoms with E-state index in [4.69, 9.17) is 0 Å². The number of hydrogen-bond acceptors (Lipinski definition) is 2. The molecule has 0 aliphatic carbocycles. The molecule has 76 valence electrons. The highest BCUT2D eigenvalue weighted by molar-refractivity contribution is 7.15. The van der Waals surface area contributed by atoms with Gasteiger partial charge in [0.2, 0.25) is 0 Å². The van der Waals surface area contributed by atoms with Gasteiger partial charge in [-0.05, 0) is 18.1 Å². The third-order valence-corrected chi connectivity index (χ3v) is 3.51. The zero-order valence-corrected chi connectivity index (χ0v) is 9.58. The highest BCUT2D eigenvalue weighted by atomic mass is 32.1. The Labute approximate surface area is 92.2 Å². The minimum absolute atomic E-state index is 0.538. The monoisotopic (exact) mass is 216 g/mol. The van der Waals surface area contributed by atoms with E-state index in [0.29, 0.717) is 5.92 Å². The highest BCUT2D eigenvalue weighted by Crippen LogP contribution is 2.27. The fourth-order valence-corrected chi connectivity index (χ4v) is 2.96. The molecule has 0 atom stereocenters. The van der Waals surface area contributed by atoms with Crippen LogP contribution in [0.5, 0.6) is 0 Å². The van der Waals surface area contributed by atoms with Gasteiger partial charge in [-0.1, -0.05) is 26.0 Å². The molecule has 0 fully saturated rings. The maximum absolute atomic E-state index is 4.60. The number of benzene rings is 1. The largest absolute Gasteiger partial charge is 0.287 e. The summed E-state index contributed by atoms with van der Waals surface area (Å²) in [5.41, 5.74) is 3.66. The summed E-state index contributed by atoms with van der Waals surface area (Å²) in [7, 11) is 0. The lowest BCUT2D eigenvalue weighted by atomic mass is 10.1. The normalized spacial score (nSPS) is 11.9. The number of thiazole rings is 1. The van der Waals surface area contributed by atoms with E-state index in [1.54, 1.807) is 11.3 Å².